The van der Waals surface area contributed by atoms with Crippen molar-refractivity contribution in [3.05, 3.63) is 0 Å². The van der Waals surface area contributed by atoms with E-state index in [9.17, 15) is 9.59 Å². The van der Waals surface area contributed by atoms with Crippen LogP contribution in [0.15, 0.2) is 0 Å². The van der Waals surface area contributed by atoms with E-state index in [4.69, 9.17) is 15.9 Å². The van der Waals surface area contributed by atoms with Crippen LogP contribution < -0.4 is 11.1 Å². The number of nitrogens with two attached hydrogens (primary N) is 1. The summed E-state index contributed by atoms with van der Waals surface area (Å²) in [5.74, 6) is -1.41. The third-order valence-electron chi connectivity index (χ3n) is 2.09. The summed E-state index contributed by atoms with van der Waals surface area (Å²) < 4.78 is 0. The zero-order chi connectivity index (χ0) is 12.6. The van der Waals surface area contributed by atoms with E-state index in [0.717, 1.165) is 6.42 Å². The number of nitrogens with one attached hydrogen (secondary N) is 1. The number of carboxylic acids is 1. The molecule has 0 aromatic heterocycles. The van der Waals surface area contributed by atoms with Gasteiger partial charge in [0.05, 0.1) is 0 Å². The van der Waals surface area contributed by atoms with Gasteiger partial charge in [-0.05, 0) is 19.8 Å². The summed E-state index contributed by atoms with van der Waals surface area (Å²) in [7, 11) is 0. The average molecular weight is 232 g/mol. The van der Waals surface area contributed by atoms with Gasteiger partial charge in [0.2, 0.25) is 5.91 Å². The number of aliphatic carboxylic acids is 1. The molecule has 16 heavy (non-hydrogen) atoms. The minimum atomic E-state index is -1.41. The minimum Gasteiger partial charge on any atom is -0.479 e. The summed E-state index contributed by atoms with van der Waals surface area (Å²) in [6.45, 7) is 2.05. The molecule has 0 saturated heterocycles. The number of carbonyl (C=O) groups is 2. The number of rotatable bonds is 8. The van der Waals surface area contributed by atoms with E-state index in [-0.39, 0.29) is 24.9 Å². The third-order valence-corrected chi connectivity index (χ3v) is 2.09. The molecule has 94 valence electrons. The van der Waals surface area contributed by atoms with E-state index in [1.165, 1.54) is 0 Å². The Bertz CT molecular complexity index is 231. The summed E-state index contributed by atoms with van der Waals surface area (Å²) in [6.07, 6.45) is 0.485. The van der Waals surface area contributed by atoms with Crippen LogP contribution in [0.1, 0.15) is 32.6 Å². The topological polar surface area (TPSA) is 113 Å². The van der Waals surface area contributed by atoms with Gasteiger partial charge in [-0.25, -0.2) is 4.79 Å². The normalized spacial score (nSPS) is 14.2. The monoisotopic (exact) mass is 232 g/mol. The van der Waals surface area contributed by atoms with Crippen LogP contribution in [0.2, 0.25) is 0 Å². The lowest BCUT2D eigenvalue weighted by molar-refractivity contribution is -0.147. The van der Waals surface area contributed by atoms with Gasteiger partial charge in [-0.3, -0.25) is 4.79 Å². The fourth-order valence-corrected chi connectivity index (χ4v) is 1.14. The molecule has 2 atom stereocenters. The molecule has 6 nitrogen and oxygen atoms in total. The lowest BCUT2D eigenvalue weighted by Crippen LogP contribution is -2.30. The molecule has 0 bridgehead atoms. The maximum atomic E-state index is 11.2. The second kappa shape index (κ2) is 8.06. The number of aliphatic hydroxyl groups is 1. The molecule has 0 aromatic rings. The number of carbonyl (C=O) groups excluding carboxylic acids is 1. The fourth-order valence-electron chi connectivity index (χ4n) is 1.14. The zero-order valence-electron chi connectivity index (χ0n) is 9.48. The molecule has 1 amide bonds. The highest BCUT2D eigenvalue weighted by Gasteiger charge is 2.12. The molecular formula is C10H20N2O4. The van der Waals surface area contributed by atoms with Crippen molar-refractivity contribution in [1.29, 1.82) is 0 Å². The lowest BCUT2D eigenvalue weighted by Gasteiger charge is -2.08. The number of amides is 1. The van der Waals surface area contributed by atoms with Crippen LogP contribution in [-0.2, 0) is 9.59 Å². The average Bonchev–Trinajstić information content (AvgIpc) is 2.16. The Morgan fingerprint density at radius 1 is 1.38 bits per heavy atom. The Morgan fingerprint density at radius 2 is 2.00 bits per heavy atom. The van der Waals surface area contributed by atoms with E-state index in [2.05, 4.69) is 5.32 Å². The fraction of sp³-hybridized carbons (Fsp3) is 0.800. The van der Waals surface area contributed by atoms with Gasteiger partial charge in [-0.15, -0.1) is 0 Å². The molecule has 0 aliphatic carbocycles. The zero-order valence-corrected chi connectivity index (χ0v) is 9.48. The maximum Gasteiger partial charge on any atom is 0.332 e. The first kappa shape index (κ1) is 14.9. The van der Waals surface area contributed by atoms with Gasteiger partial charge >= 0.3 is 5.97 Å². The van der Waals surface area contributed by atoms with E-state index >= 15 is 0 Å². The third kappa shape index (κ3) is 8.19. The summed E-state index contributed by atoms with van der Waals surface area (Å²) in [5, 5.41) is 19.8. The molecule has 0 radical (unpaired) electrons. The van der Waals surface area contributed by atoms with Crippen molar-refractivity contribution in [3.63, 3.8) is 0 Å². The molecule has 2 unspecified atom stereocenters. The van der Waals surface area contributed by atoms with Gasteiger partial charge in [0.15, 0.2) is 6.10 Å². The molecule has 0 rings (SSSR count). The predicted octanol–water partition coefficient (Wildman–Crippen LogP) is -0.544. The van der Waals surface area contributed by atoms with Gasteiger partial charge in [0.25, 0.3) is 0 Å². The van der Waals surface area contributed by atoms with E-state index in [1.54, 1.807) is 0 Å². The van der Waals surface area contributed by atoms with E-state index in [1.807, 2.05) is 6.92 Å². The Morgan fingerprint density at radius 3 is 2.50 bits per heavy atom. The van der Waals surface area contributed by atoms with Gasteiger partial charge in [0.1, 0.15) is 0 Å². The molecule has 0 aliphatic heterocycles. The maximum absolute atomic E-state index is 11.2. The SMILES string of the molecule is CC(N)CCCC(=O)NCCC(O)C(=O)O. The lowest BCUT2D eigenvalue weighted by atomic mass is 10.1. The first-order valence-corrected chi connectivity index (χ1v) is 5.36. The highest BCUT2D eigenvalue weighted by molar-refractivity contribution is 5.76. The number of carboxylic acid groups (broad SMARTS) is 1. The van der Waals surface area contributed by atoms with Crippen LogP contribution in [0.4, 0.5) is 0 Å². The minimum absolute atomic E-state index is 0.0222. The van der Waals surface area contributed by atoms with Crippen LogP contribution in [0, 0.1) is 0 Å². The molecule has 0 saturated carbocycles. The molecule has 0 fully saturated rings. The van der Waals surface area contributed by atoms with Crippen LogP contribution in [0.25, 0.3) is 0 Å². The molecular weight excluding hydrogens is 212 g/mol. The van der Waals surface area contributed by atoms with Crippen molar-refractivity contribution >= 4 is 11.9 Å². The highest BCUT2D eigenvalue weighted by atomic mass is 16.4. The summed E-state index contributed by atoms with van der Waals surface area (Å²) in [6, 6.07) is 0.0848. The van der Waals surface area contributed by atoms with Gasteiger partial charge < -0.3 is 21.3 Å². The predicted molar refractivity (Wildman–Crippen MR) is 58.8 cm³/mol. The molecule has 5 N–H and O–H groups in total. The number of hydrogen-bond acceptors (Lipinski definition) is 4. The summed E-state index contributed by atoms with van der Waals surface area (Å²) >= 11 is 0. The largest absolute Gasteiger partial charge is 0.479 e. The van der Waals surface area contributed by atoms with Gasteiger partial charge in [-0.2, -0.15) is 0 Å². The van der Waals surface area contributed by atoms with Gasteiger partial charge in [-0.1, -0.05) is 0 Å². The first-order chi connectivity index (χ1) is 7.43. The molecule has 6 heteroatoms. The van der Waals surface area contributed by atoms with Crippen molar-refractivity contribution in [2.45, 2.75) is 44.8 Å². The van der Waals surface area contributed by atoms with Crippen molar-refractivity contribution in [2.75, 3.05) is 6.54 Å². The molecule has 0 aromatic carbocycles. The standard InChI is InChI=1S/C10H20N2O4/c1-7(11)3-2-4-9(14)12-6-5-8(13)10(15)16/h7-8,13H,2-6,11H2,1H3,(H,12,14)(H,15,16). The Balaban J connectivity index is 3.47. The second-order valence-electron chi connectivity index (χ2n) is 3.86. The van der Waals surface area contributed by atoms with Crippen molar-refractivity contribution in [1.82, 2.24) is 5.32 Å². The number of hydrogen-bond donors (Lipinski definition) is 4. The van der Waals surface area contributed by atoms with Gasteiger partial charge in [0, 0.05) is 25.4 Å². The second-order valence-corrected chi connectivity index (χ2v) is 3.86. The van der Waals surface area contributed by atoms with E-state index in [0.29, 0.717) is 12.8 Å². The van der Waals surface area contributed by atoms with Crippen LogP contribution in [0.3, 0.4) is 0 Å². The molecule has 0 heterocycles. The van der Waals surface area contributed by atoms with E-state index < -0.39 is 12.1 Å². The van der Waals surface area contributed by atoms with Crippen molar-refractivity contribution in [2.24, 2.45) is 5.73 Å². The number of aliphatic hydroxyl groups excluding tert-OH is 1. The van der Waals surface area contributed by atoms with Crippen LogP contribution in [0.5, 0.6) is 0 Å². The van der Waals surface area contributed by atoms with Crippen molar-refractivity contribution in [3.8, 4) is 0 Å². The Labute approximate surface area is 94.8 Å². The van der Waals surface area contributed by atoms with Crippen LogP contribution in [-0.4, -0.2) is 40.8 Å². The first-order valence-electron chi connectivity index (χ1n) is 5.36. The molecule has 0 aliphatic rings. The van der Waals surface area contributed by atoms with Crippen molar-refractivity contribution < 1.29 is 19.8 Å². The Hall–Kier alpha value is -1.14. The summed E-state index contributed by atoms with van der Waals surface area (Å²) in [5.41, 5.74) is 5.52. The highest BCUT2D eigenvalue weighted by Crippen LogP contribution is 1.98. The smallest absolute Gasteiger partial charge is 0.332 e. The van der Waals surface area contributed by atoms with Crippen LogP contribution >= 0.6 is 0 Å². The summed E-state index contributed by atoms with van der Waals surface area (Å²) in [4.78, 5) is 21.4. The molecule has 0 spiro atoms. The Kier molecular flexibility index (Phi) is 7.49. The quantitative estimate of drug-likeness (QED) is 0.449.